The number of hydrogen-bond donors (Lipinski definition) is 3. The molecule has 0 fully saturated rings. The Hall–Kier alpha value is -6.35. The van der Waals surface area contributed by atoms with Crippen molar-refractivity contribution in [3.63, 3.8) is 0 Å². The molecule has 9 heteroatoms. The molecule has 0 spiro atoms. The topological polar surface area (TPSA) is 127 Å². The summed E-state index contributed by atoms with van der Waals surface area (Å²) in [6.07, 6.45) is 7.42. The third kappa shape index (κ3) is 6.39. The van der Waals surface area contributed by atoms with Crippen LogP contribution in [0.3, 0.4) is 0 Å². The summed E-state index contributed by atoms with van der Waals surface area (Å²) in [5.74, 6) is -0.331. The van der Waals surface area contributed by atoms with E-state index in [4.69, 9.17) is 19.2 Å². The van der Waals surface area contributed by atoms with E-state index in [1.54, 1.807) is 0 Å². The first-order valence-electron chi connectivity index (χ1n) is 20.0. The third-order valence-electron chi connectivity index (χ3n) is 11.8. The molecule has 0 bridgehead atoms. The van der Waals surface area contributed by atoms with Gasteiger partial charge >= 0.3 is 0 Å². The number of nitrogens with one attached hydrogen (secondary N) is 1. The highest BCUT2D eigenvalue weighted by atomic mass is 16.5. The molecule has 0 aliphatic heterocycles. The number of ether oxygens (including phenoxy) is 3. The van der Waals surface area contributed by atoms with Gasteiger partial charge in [0.2, 0.25) is 10.9 Å². The van der Waals surface area contributed by atoms with Crippen molar-refractivity contribution >= 4 is 60.6 Å². The Labute approximate surface area is 336 Å². The molecule has 1 unspecified atom stereocenters. The summed E-state index contributed by atoms with van der Waals surface area (Å²) in [4.78, 5) is 34.7. The van der Waals surface area contributed by atoms with E-state index in [9.17, 15) is 19.8 Å². The average Bonchev–Trinajstić information content (AvgIpc) is 3.36. The maximum Gasteiger partial charge on any atom is 0.232 e. The molecule has 1 aliphatic rings. The van der Waals surface area contributed by atoms with Gasteiger partial charge in [0.05, 0.1) is 37.8 Å². The molecular formula is C49H48N2O7. The van der Waals surface area contributed by atoms with Gasteiger partial charge in [-0.15, -0.1) is 0 Å². The number of anilines is 1. The van der Waals surface area contributed by atoms with E-state index in [1.165, 1.54) is 44.6 Å². The quantitative estimate of drug-likeness (QED) is 0.0407. The second kappa shape index (κ2) is 15.9. The molecule has 3 N–H and O–H groups in total. The number of methoxy groups -OCH3 is 3. The van der Waals surface area contributed by atoms with Crippen LogP contribution in [0.15, 0.2) is 93.0 Å². The molecule has 7 aromatic carbocycles. The summed E-state index contributed by atoms with van der Waals surface area (Å²) >= 11 is 0. The summed E-state index contributed by atoms with van der Waals surface area (Å²) in [5, 5.41) is 30.2. The fourth-order valence-corrected chi connectivity index (χ4v) is 9.20. The van der Waals surface area contributed by atoms with Crippen molar-refractivity contribution in [1.29, 1.82) is 0 Å². The van der Waals surface area contributed by atoms with Crippen LogP contribution < -0.4 is 30.4 Å². The number of nitrogens with zero attached hydrogens (tertiary/aromatic N) is 1. The van der Waals surface area contributed by atoms with Crippen LogP contribution in [-0.4, -0.2) is 50.3 Å². The molecule has 1 atom stereocenters. The van der Waals surface area contributed by atoms with Gasteiger partial charge in [0, 0.05) is 74.9 Å². The van der Waals surface area contributed by atoms with Crippen molar-refractivity contribution in [3.8, 4) is 28.7 Å². The summed E-state index contributed by atoms with van der Waals surface area (Å²) in [6, 6.07) is 23.6. The Kier molecular flexibility index (Phi) is 10.6. The normalized spacial score (nSPS) is 14.1. The van der Waals surface area contributed by atoms with E-state index in [1.807, 2.05) is 44.2 Å². The second-order valence-corrected chi connectivity index (χ2v) is 15.2. The Balaban J connectivity index is 1.39. The third-order valence-corrected chi connectivity index (χ3v) is 11.8. The molecule has 58 heavy (non-hydrogen) atoms. The number of rotatable bonds is 15. The number of hydrogen-bond acceptors (Lipinski definition) is 9. The first-order valence-corrected chi connectivity index (χ1v) is 20.0. The molecule has 7 aromatic rings. The number of benzene rings is 7. The van der Waals surface area contributed by atoms with Crippen LogP contribution in [-0.2, 0) is 12.8 Å². The zero-order valence-electron chi connectivity index (χ0n) is 33.6. The van der Waals surface area contributed by atoms with Gasteiger partial charge in [-0.25, -0.2) is 0 Å². The second-order valence-electron chi connectivity index (χ2n) is 15.2. The fourth-order valence-electron chi connectivity index (χ4n) is 9.20. The van der Waals surface area contributed by atoms with E-state index in [0.717, 1.165) is 49.8 Å². The van der Waals surface area contributed by atoms with Gasteiger partial charge in [-0.2, -0.15) is 0 Å². The minimum Gasteiger partial charge on any atom is -0.507 e. The van der Waals surface area contributed by atoms with Crippen molar-refractivity contribution in [1.82, 2.24) is 0 Å². The molecule has 0 amide bonds. The standard InChI is InChI=1S/C49H48N2O7/c1-27-24-31-37-42-38(47(54)46(31)51-23-15-13-21-30-18-10-7-11-19-30)32(52)25-34(56-3)40(42)41-35(57-4)26-33(53)39-44(41)43(37)45(49(58-5)48(39)55)36(27)28(2)50-22-14-12-20-29-16-8-6-9-17-29/h6-11,16-19,24-26,36,51-53H,12-15,20-23H2,1-5H3/b50-28+. The van der Waals surface area contributed by atoms with Gasteiger partial charge in [-0.3, -0.25) is 14.6 Å². The number of allylic oxidation sites excluding steroid dienone is 1. The molecule has 0 heterocycles. The van der Waals surface area contributed by atoms with Crippen LogP contribution in [0.25, 0.3) is 49.2 Å². The van der Waals surface area contributed by atoms with Crippen LogP contribution in [0.1, 0.15) is 67.7 Å². The Morgan fingerprint density at radius 1 is 0.672 bits per heavy atom. The predicted molar refractivity (Wildman–Crippen MR) is 236 cm³/mol. The molecule has 1 aliphatic carbocycles. The lowest BCUT2D eigenvalue weighted by Crippen LogP contribution is -2.18. The van der Waals surface area contributed by atoms with Gasteiger partial charge in [-0.05, 0) is 68.9 Å². The maximum atomic E-state index is 14.9. The lowest BCUT2D eigenvalue weighted by Gasteiger charge is -2.25. The van der Waals surface area contributed by atoms with E-state index in [0.29, 0.717) is 68.0 Å². The number of aliphatic imine (C=N–C) groups is 1. The molecule has 0 aromatic heterocycles. The highest BCUT2D eigenvalue weighted by molar-refractivity contribution is 6.39. The van der Waals surface area contributed by atoms with Crippen molar-refractivity contribution < 1.29 is 24.4 Å². The molecule has 8 rings (SSSR count). The number of phenols is 2. The Bertz CT molecular complexity index is 2850. The van der Waals surface area contributed by atoms with E-state index >= 15 is 0 Å². The summed E-state index contributed by atoms with van der Waals surface area (Å²) in [6.45, 7) is 5.07. The lowest BCUT2D eigenvalue weighted by molar-refractivity contribution is 0.406. The largest absolute Gasteiger partial charge is 0.507 e. The Morgan fingerprint density at radius 2 is 1.22 bits per heavy atom. The highest BCUT2D eigenvalue weighted by Crippen LogP contribution is 2.56. The fraction of sp³-hybridized carbons (Fsp3) is 0.286. The maximum absolute atomic E-state index is 14.9. The van der Waals surface area contributed by atoms with Crippen molar-refractivity contribution in [2.24, 2.45) is 4.99 Å². The first-order chi connectivity index (χ1) is 28.2. The number of aromatic hydroxyl groups is 2. The van der Waals surface area contributed by atoms with Gasteiger partial charge in [0.25, 0.3) is 0 Å². The van der Waals surface area contributed by atoms with E-state index < -0.39 is 11.3 Å². The van der Waals surface area contributed by atoms with Gasteiger partial charge in [0.15, 0.2) is 5.75 Å². The molecule has 0 saturated carbocycles. The molecular weight excluding hydrogens is 729 g/mol. The number of fused-ring (bicyclic) bond motifs is 1. The van der Waals surface area contributed by atoms with Crippen molar-refractivity contribution in [3.05, 3.63) is 121 Å². The monoisotopic (exact) mass is 776 g/mol. The SMILES string of the molecule is COc1c2c3c4c(c(NCCCCc5ccccc5)c(=O)c5c(O)cc(OC)c(c6c(OC)cc(O)c(c1=O)c63)c54)C=C(C)C2/C(C)=N/CCCCc1ccccc1. The zero-order valence-corrected chi connectivity index (χ0v) is 33.6. The number of phenolic OH excluding ortho intramolecular Hbond substituents is 2. The minimum atomic E-state index is -0.519. The first kappa shape index (κ1) is 38.5. The van der Waals surface area contributed by atoms with Gasteiger partial charge in [-0.1, -0.05) is 72.3 Å². The zero-order chi connectivity index (χ0) is 40.7. The van der Waals surface area contributed by atoms with Gasteiger partial charge < -0.3 is 29.7 Å². The molecule has 0 radical (unpaired) electrons. The van der Waals surface area contributed by atoms with Crippen LogP contribution in [0.5, 0.6) is 28.7 Å². The number of unbranched alkanes of at least 4 members (excludes halogenated alkanes) is 2. The number of aryl methyl sites for hydroxylation is 2. The Morgan fingerprint density at radius 3 is 1.79 bits per heavy atom. The molecule has 0 saturated heterocycles. The lowest BCUT2D eigenvalue weighted by atomic mass is 9.80. The van der Waals surface area contributed by atoms with E-state index in [-0.39, 0.29) is 39.2 Å². The van der Waals surface area contributed by atoms with Gasteiger partial charge in [0.1, 0.15) is 23.0 Å². The van der Waals surface area contributed by atoms with Crippen LogP contribution in [0, 0.1) is 0 Å². The average molecular weight is 777 g/mol. The summed E-state index contributed by atoms with van der Waals surface area (Å²) in [7, 11) is 4.46. The van der Waals surface area contributed by atoms with E-state index in [2.05, 4.69) is 41.7 Å². The molecule has 9 nitrogen and oxygen atoms in total. The summed E-state index contributed by atoms with van der Waals surface area (Å²) in [5.41, 5.74) is 4.93. The smallest absolute Gasteiger partial charge is 0.232 e. The van der Waals surface area contributed by atoms with Crippen LogP contribution in [0.2, 0.25) is 0 Å². The van der Waals surface area contributed by atoms with Crippen molar-refractivity contribution in [2.75, 3.05) is 39.7 Å². The predicted octanol–water partition coefficient (Wildman–Crippen LogP) is 9.75. The van der Waals surface area contributed by atoms with Crippen LogP contribution >= 0.6 is 0 Å². The van der Waals surface area contributed by atoms with Crippen LogP contribution in [0.4, 0.5) is 5.69 Å². The highest BCUT2D eigenvalue weighted by Gasteiger charge is 2.36. The summed E-state index contributed by atoms with van der Waals surface area (Å²) < 4.78 is 17.9. The molecule has 296 valence electrons. The van der Waals surface area contributed by atoms with Crippen molar-refractivity contribution in [2.45, 2.75) is 58.3 Å². The minimum absolute atomic E-state index is 0.0710.